The van der Waals surface area contributed by atoms with E-state index in [-0.39, 0.29) is 5.91 Å². The van der Waals surface area contributed by atoms with Gasteiger partial charge in [-0.2, -0.15) is 0 Å². The molecule has 138 valence electrons. The standard InChI is InChI=1S/C20H25N3O2S/c1-4-15-13-18(26-14(15)3)19(24)22-20-21-16-9-6-7-10-17(16)23(20)11-8-12-25-5-2/h6-7,9-10,13H,4-5,8,11-12H2,1-3H3,(H,21,22,24). The van der Waals surface area contributed by atoms with Crippen LogP contribution in [0.3, 0.4) is 0 Å². The smallest absolute Gasteiger partial charge is 0.268 e. The van der Waals surface area contributed by atoms with Crippen molar-refractivity contribution in [3.63, 3.8) is 0 Å². The molecular formula is C20H25N3O2S. The number of anilines is 1. The van der Waals surface area contributed by atoms with Crippen molar-refractivity contribution in [3.05, 3.63) is 45.6 Å². The van der Waals surface area contributed by atoms with E-state index < -0.39 is 0 Å². The number of nitrogens with one attached hydrogen (secondary N) is 1. The fourth-order valence-corrected chi connectivity index (χ4v) is 4.02. The van der Waals surface area contributed by atoms with E-state index in [2.05, 4.69) is 28.7 Å². The number of rotatable bonds is 8. The van der Waals surface area contributed by atoms with Crippen molar-refractivity contribution in [3.8, 4) is 0 Å². The van der Waals surface area contributed by atoms with Crippen LogP contribution in [0.5, 0.6) is 0 Å². The first-order chi connectivity index (χ1) is 12.6. The van der Waals surface area contributed by atoms with E-state index in [0.717, 1.165) is 35.3 Å². The molecule has 0 aliphatic heterocycles. The van der Waals surface area contributed by atoms with E-state index in [0.29, 0.717) is 19.2 Å². The maximum atomic E-state index is 12.7. The Kier molecular flexibility index (Phi) is 6.06. The third-order valence-corrected chi connectivity index (χ3v) is 5.47. The molecule has 0 bridgehead atoms. The molecule has 5 nitrogen and oxygen atoms in total. The quantitative estimate of drug-likeness (QED) is 0.587. The number of imidazole rings is 1. The molecule has 1 aromatic carbocycles. The Morgan fingerprint density at radius 2 is 2.12 bits per heavy atom. The molecule has 3 rings (SSSR count). The van der Waals surface area contributed by atoms with Crippen LogP contribution in [0.15, 0.2) is 30.3 Å². The molecule has 0 saturated heterocycles. The van der Waals surface area contributed by atoms with Crippen LogP contribution in [0.2, 0.25) is 0 Å². The molecule has 1 N–H and O–H groups in total. The molecule has 0 aliphatic carbocycles. The highest BCUT2D eigenvalue weighted by molar-refractivity contribution is 7.14. The average Bonchev–Trinajstić information content (AvgIpc) is 3.19. The normalized spacial score (nSPS) is 11.2. The summed E-state index contributed by atoms with van der Waals surface area (Å²) in [4.78, 5) is 19.3. The molecule has 3 aromatic rings. The van der Waals surface area contributed by atoms with Gasteiger partial charge in [-0.15, -0.1) is 11.3 Å². The SMILES string of the molecule is CCOCCCn1c(NC(=O)c2cc(CC)c(C)s2)nc2ccccc21. The number of hydrogen-bond acceptors (Lipinski definition) is 4. The molecule has 26 heavy (non-hydrogen) atoms. The van der Waals surface area contributed by atoms with Gasteiger partial charge in [-0.3, -0.25) is 10.1 Å². The molecule has 2 heterocycles. The van der Waals surface area contributed by atoms with Crippen LogP contribution in [0.4, 0.5) is 5.95 Å². The Morgan fingerprint density at radius 1 is 1.31 bits per heavy atom. The summed E-state index contributed by atoms with van der Waals surface area (Å²) in [7, 11) is 0. The number of fused-ring (bicyclic) bond motifs is 1. The minimum Gasteiger partial charge on any atom is -0.382 e. The van der Waals surface area contributed by atoms with Crippen molar-refractivity contribution in [2.75, 3.05) is 18.5 Å². The first kappa shape index (κ1) is 18.6. The predicted molar refractivity (Wildman–Crippen MR) is 107 cm³/mol. The summed E-state index contributed by atoms with van der Waals surface area (Å²) < 4.78 is 7.51. The number of para-hydroxylation sites is 2. The topological polar surface area (TPSA) is 56.1 Å². The fraction of sp³-hybridized carbons (Fsp3) is 0.400. The van der Waals surface area contributed by atoms with Crippen LogP contribution in [0.1, 0.15) is 40.4 Å². The second kappa shape index (κ2) is 8.47. The van der Waals surface area contributed by atoms with Gasteiger partial charge >= 0.3 is 0 Å². The van der Waals surface area contributed by atoms with Crippen LogP contribution in [-0.4, -0.2) is 28.7 Å². The lowest BCUT2D eigenvalue weighted by molar-refractivity contribution is 0.102. The van der Waals surface area contributed by atoms with Crippen molar-refractivity contribution in [2.45, 2.75) is 40.2 Å². The van der Waals surface area contributed by atoms with Gasteiger partial charge in [-0.1, -0.05) is 19.1 Å². The number of amides is 1. The first-order valence-corrected chi connectivity index (χ1v) is 9.89. The molecule has 1 amide bonds. The summed E-state index contributed by atoms with van der Waals surface area (Å²) in [5.41, 5.74) is 3.14. The van der Waals surface area contributed by atoms with Gasteiger partial charge in [0, 0.05) is 24.6 Å². The molecule has 0 saturated carbocycles. The van der Waals surface area contributed by atoms with E-state index in [4.69, 9.17) is 4.74 Å². The van der Waals surface area contributed by atoms with Crippen LogP contribution < -0.4 is 5.32 Å². The number of hydrogen-bond donors (Lipinski definition) is 1. The van der Waals surface area contributed by atoms with Gasteiger partial charge in [0.1, 0.15) is 0 Å². The predicted octanol–water partition coefficient (Wildman–Crippen LogP) is 4.65. The van der Waals surface area contributed by atoms with Crippen LogP contribution in [0.25, 0.3) is 11.0 Å². The zero-order valence-electron chi connectivity index (χ0n) is 15.5. The molecule has 6 heteroatoms. The number of aryl methyl sites for hydroxylation is 3. The zero-order chi connectivity index (χ0) is 18.5. The van der Waals surface area contributed by atoms with E-state index in [9.17, 15) is 4.79 Å². The van der Waals surface area contributed by atoms with Crippen LogP contribution >= 0.6 is 11.3 Å². The second-order valence-electron chi connectivity index (χ2n) is 6.13. The molecule has 0 fully saturated rings. The van der Waals surface area contributed by atoms with E-state index in [1.165, 1.54) is 21.8 Å². The highest BCUT2D eigenvalue weighted by atomic mass is 32.1. The summed E-state index contributed by atoms with van der Waals surface area (Å²) in [5.74, 6) is 0.496. The molecule has 0 unspecified atom stereocenters. The van der Waals surface area contributed by atoms with Crippen molar-refractivity contribution in [1.29, 1.82) is 0 Å². The number of ether oxygens (including phenoxy) is 1. The fourth-order valence-electron chi connectivity index (χ4n) is 3.01. The molecule has 0 aliphatic rings. The third-order valence-electron chi connectivity index (χ3n) is 4.38. The lowest BCUT2D eigenvalue weighted by atomic mass is 10.2. The maximum Gasteiger partial charge on any atom is 0.268 e. The monoisotopic (exact) mass is 371 g/mol. The summed E-state index contributed by atoms with van der Waals surface area (Å²) in [6, 6.07) is 9.93. The Labute approximate surface area is 158 Å². The molecule has 0 spiro atoms. The second-order valence-corrected chi connectivity index (χ2v) is 7.38. The van der Waals surface area contributed by atoms with Crippen molar-refractivity contribution >= 4 is 34.2 Å². The van der Waals surface area contributed by atoms with Crippen LogP contribution in [0, 0.1) is 6.92 Å². The highest BCUT2D eigenvalue weighted by Crippen LogP contribution is 2.25. The average molecular weight is 372 g/mol. The number of carbonyl (C=O) groups excluding carboxylic acids is 1. The number of carbonyl (C=O) groups is 1. The van der Waals surface area contributed by atoms with Gasteiger partial charge in [0.05, 0.1) is 15.9 Å². The minimum atomic E-state index is -0.0980. The van der Waals surface area contributed by atoms with Crippen molar-refractivity contribution < 1.29 is 9.53 Å². The van der Waals surface area contributed by atoms with Gasteiger partial charge in [0.2, 0.25) is 5.95 Å². The van der Waals surface area contributed by atoms with E-state index >= 15 is 0 Å². The Hall–Kier alpha value is -2.18. The van der Waals surface area contributed by atoms with Gasteiger partial charge < -0.3 is 9.30 Å². The summed E-state index contributed by atoms with van der Waals surface area (Å²) in [5, 5.41) is 3.00. The van der Waals surface area contributed by atoms with Gasteiger partial charge in [0.25, 0.3) is 5.91 Å². The van der Waals surface area contributed by atoms with Gasteiger partial charge in [0.15, 0.2) is 0 Å². The maximum absolute atomic E-state index is 12.7. The molecular weight excluding hydrogens is 346 g/mol. The summed E-state index contributed by atoms with van der Waals surface area (Å²) >= 11 is 1.53. The van der Waals surface area contributed by atoms with E-state index in [1.807, 2.05) is 37.3 Å². The summed E-state index contributed by atoms with van der Waals surface area (Å²) in [6.45, 7) is 8.32. The Morgan fingerprint density at radius 3 is 2.85 bits per heavy atom. The lowest BCUT2D eigenvalue weighted by Crippen LogP contribution is -2.15. The van der Waals surface area contributed by atoms with Crippen molar-refractivity contribution in [1.82, 2.24) is 9.55 Å². The van der Waals surface area contributed by atoms with E-state index in [1.54, 1.807) is 0 Å². The molecule has 0 atom stereocenters. The number of aromatic nitrogens is 2. The Bertz CT molecular complexity index is 898. The van der Waals surface area contributed by atoms with Crippen molar-refractivity contribution in [2.24, 2.45) is 0 Å². The first-order valence-electron chi connectivity index (χ1n) is 9.07. The summed E-state index contributed by atoms with van der Waals surface area (Å²) in [6.07, 6.45) is 1.81. The molecule has 2 aromatic heterocycles. The van der Waals surface area contributed by atoms with Crippen LogP contribution in [-0.2, 0) is 17.7 Å². The van der Waals surface area contributed by atoms with Gasteiger partial charge in [-0.05, 0) is 50.5 Å². The number of thiophene rings is 1. The minimum absolute atomic E-state index is 0.0980. The Balaban J connectivity index is 1.84. The largest absolute Gasteiger partial charge is 0.382 e. The number of nitrogens with zero attached hydrogens (tertiary/aromatic N) is 2. The third kappa shape index (κ3) is 3.97. The van der Waals surface area contributed by atoms with Gasteiger partial charge in [-0.25, -0.2) is 4.98 Å². The zero-order valence-corrected chi connectivity index (χ0v) is 16.4. The molecule has 0 radical (unpaired) electrons. The lowest BCUT2D eigenvalue weighted by Gasteiger charge is -2.09. The number of benzene rings is 1. The highest BCUT2D eigenvalue weighted by Gasteiger charge is 2.16.